The van der Waals surface area contributed by atoms with Crippen LogP contribution in [-0.4, -0.2) is 19.5 Å². The number of anilines is 1. The van der Waals surface area contributed by atoms with E-state index in [1.165, 1.54) is 24.3 Å². The van der Waals surface area contributed by atoms with Gasteiger partial charge in [0.15, 0.2) is 0 Å². The Bertz CT molecular complexity index is 846. The highest BCUT2D eigenvalue weighted by Gasteiger charge is 2.31. The van der Waals surface area contributed by atoms with E-state index in [4.69, 9.17) is 5.11 Å². The van der Waals surface area contributed by atoms with Crippen molar-refractivity contribution in [1.82, 2.24) is 0 Å². The zero-order chi connectivity index (χ0) is 18.0. The van der Waals surface area contributed by atoms with Gasteiger partial charge in [-0.15, -0.1) is 0 Å². The van der Waals surface area contributed by atoms with Crippen molar-refractivity contribution in [2.24, 2.45) is 0 Å². The molecule has 0 heterocycles. The van der Waals surface area contributed by atoms with Crippen molar-refractivity contribution in [2.75, 3.05) is 4.72 Å². The molecule has 0 saturated heterocycles. The molecule has 0 unspecified atom stereocenters. The number of hydrogen-bond donors (Lipinski definition) is 2. The predicted molar refractivity (Wildman–Crippen MR) is 80.0 cm³/mol. The second kappa shape index (κ2) is 6.52. The van der Waals surface area contributed by atoms with Crippen LogP contribution in [-0.2, 0) is 27.4 Å². The summed E-state index contributed by atoms with van der Waals surface area (Å²) in [4.78, 5) is 10.1. The number of sulfonamides is 1. The third-order valence-electron chi connectivity index (χ3n) is 3.03. The molecule has 0 fully saturated rings. The van der Waals surface area contributed by atoms with Gasteiger partial charge in [-0.1, -0.05) is 18.2 Å². The third kappa shape index (κ3) is 4.48. The maximum absolute atomic E-state index is 12.7. The number of halogens is 3. The standard InChI is InChI=1S/C15H12F3NO4S/c16-15(17,18)11-2-1-3-13(9-11)24(22,23)19-12-6-4-10(5-7-12)8-14(20)21/h1-7,9,19H,8H2,(H,20,21). The molecule has 2 aromatic carbocycles. The summed E-state index contributed by atoms with van der Waals surface area (Å²) in [6, 6.07) is 8.88. The van der Waals surface area contributed by atoms with Gasteiger partial charge in [0.25, 0.3) is 10.0 Å². The van der Waals surface area contributed by atoms with E-state index >= 15 is 0 Å². The van der Waals surface area contributed by atoms with Crippen molar-refractivity contribution in [3.63, 3.8) is 0 Å². The van der Waals surface area contributed by atoms with Crippen LogP contribution in [0, 0.1) is 0 Å². The minimum absolute atomic E-state index is 0.113. The zero-order valence-electron chi connectivity index (χ0n) is 12.0. The van der Waals surface area contributed by atoms with Crippen LogP contribution in [0.15, 0.2) is 53.4 Å². The van der Waals surface area contributed by atoms with Crippen molar-refractivity contribution in [3.05, 3.63) is 59.7 Å². The average Bonchev–Trinajstić information content (AvgIpc) is 2.48. The fourth-order valence-electron chi connectivity index (χ4n) is 1.92. The number of nitrogens with one attached hydrogen (secondary N) is 1. The molecule has 0 spiro atoms. The number of benzene rings is 2. The van der Waals surface area contributed by atoms with Crippen LogP contribution in [0.5, 0.6) is 0 Å². The van der Waals surface area contributed by atoms with Gasteiger partial charge in [0, 0.05) is 5.69 Å². The molecule has 128 valence electrons. The summed E-state index contributed by atoms with van der Waals surface area (Å²) < 4.78 is 64.5. The lowest BCUT2D eigenvalue weighted by atomic mass is 10.1. The van der Waals surface area contributed by atoms with E-state index in [0.717, 1.165) is 18.2 Å². The Morgan fingerprint density at radius 1 is 1.08 bits per heavy atom. The molecule has 0 aliphatic heterocycles. The number of rotatable bonds is 5. The molecule has 24 heavy (non-hydrogen) atoms. The van der Waals surface area contributed by atoms with Crippen molar-refractivity contribution in [2.45, 2.75) is 17.5 Å². The van der Waals surface area contributed by atoms with Crippen molar-refractivity contribution in [1.29, 1.82) is 0 Å². The van der Waals surface area contributed by atoms with Gasteiger partial charge in [-0.2, -0.15) is 13.2 Å². The van der Waals surface area contributed by atoms with Gasteiger partial charge in [-0.05, 0) is 35.9 Å². The summed E-state index contributed by atoms with van der Waals surface area (Å²) in [5.41, 5.74) is -0.492. The molecule has 0 radical (unpaired) electrons. The lowest BCUT2D eigenvalue weighted by Gasteiger charge is -2.11. The first-order valence-electron chi connectivity index (χ1n) is 6.59. The summed E-state index contributed by atoms with van der Waals surface area (Å²) in [6.45, 7) is 0. The van der Waals surface area contributed by atoms with E-state index in [2.05, 4.69) is 4.72 Å². The number of hydrogen-bond acceptors (Lipinski definition) is 3. The number of carboxylic acids is 1. The predicted octanol–water partition coefficient (Wildman–Crippen LogP) is 3.13. The van der Waals surface area contributed by atoms with Gasteiger partial charge in [0.1, 0.15) is 0 Å². The van der Waals surface area contributed by atoms with Crippen LogP contribution in [0.4, 0.5) is 18.9 Å². The average molecular weight is 359 g/mol. The second-order valence-electron chi connectivity index (χ2n) is 4.90. The van der Waals surface area contributed by atoms with Gasteiger partial charge >= 0.3 is 12.1 Å². The van der Waals surface area contributed by atoms with Crippen LogP contribution < -0.4 is 4.72 Å². The molecule has 0 aromatic heterocycles. The number of carbonyl (C=O) groups is 1. The molecule has 0 atom stereocenters. The SMILES string of the molecule is O=C(O)Cc1ccc(NS(=O)(=O)c2cccc(C(F)(F)F)c2)cc1. The monoisotopic (exact) mass is 359 g/mol. The van der Waals surface area contributed by atoms with Crippen molar-refractivity contribution >= 4 is 21.7 Å². The molecular formula is C15H12F3NO4S. The molecule has 2 aromatic rings. The summed E-state index contributed by atoms with van der Waals surface area (Å²) in [5.74, 6) is -1.03. The first-order valence-corrected chi connectivity index (χ1v) is 8.07. The Morgan fingerprint density at radius 2 is 1.71 bits per heavy atom. The maximum atomic E-state index is 12.7. The van der Waals surface area contributed by atoms with Crippen molar-refractivity contribution in [3.8, 4) is 0 Å². The number of carboxylic acid groups (broad SMARTS) is 1. The highest BCUT2D eigenvalue weighted by atomic mass is 32.2. The topological polar surface area (TPSA) is 83.5 Å². The van der Waals surface area contributed by atoms with Gasteiger partial charge < -0.3 is 5.11 Å². The number of aliphatic carboxylic acids is 1. The van der Waals surface area contributed by atoms with E-state index < -0.39 is 32.6 Å². The van der Waals surface area contributed by atoms with E-state index in [1.54, 1.807) is 0 Å². The Hall–Kier alpha value is -2.55. The van der Waals surface area contributed by atoms with Crippen LogP contribution in [0.1, 0.15) is 11.1 Å². The Morgan fingerprint density at radius 3 is 2.25 bits per heavy atom. The summed E-state index contributed by atoms with van der Waals surface area (Å²) in [6.07, 6.45) is -4.87. The fraction of sp³-hybridized carbons (Fsp3) is 0.133. The fourth-order valence-corrected chi connectivity index (χ4v) is 3.02. The zero-order valence-corrected chi connectivity index (χ0v) is 12.9. The quantitative estimate of drug-likeness (QED) is 0.859. The first-order chi connectivity index (χ1) is 11.1. The smallest absolute Gasteiger partial charge is 0.416 e. The van der Waals surface area contributed by atoms with Gasteiger partial charge in [-0.3, -0.25) is 9.52 Å². The van der Waals surface area contributed by atoms with Crippen LogP contribution in [0.3, 0.4) is 0 Å². The van der Waals surface area contributed by atoms with Crippen molar-refractivity contribution < 1.29 is 31.5 Å². The van der Waals surface area contributed by atoms with Gasteiger partial charge in [0.05, 0.1) is 16.9 Å². The molecule has 2 rings (SSSR count). The summed E-state index contributed by atoms with van der Waals surface area (Å²) in [5, 5.41) is 8.66. The summed E-state index contributed by atoms with van der Waals surface area (Å²) >= 11 is 0. The minimum atomic E-state index is -4.65. The molecule has 0 aliphatic rings. The van der Waals surface area contributed by atoms with E-state index in [-0.39, 0.29) is 12.1 Å². The molecule has 0 amide bonds. The largest absolute Gasteiger partial charge is 0.481 e. The summed E-state index contributed by atoms with van der Waals surface area (Å²) in [7, 11) is -4.20. The Kier molecular flexibility index (Phi) is 4.83. The molecule has 5 nitrogen and oxygen atoms in total. The van der Waals surface area contributed by atoms with E-state index in [1.807, 2.05) is 0 Å². The second-order valence-corrected chi connectivity index (χ2v) is 6.58. The number of alkyl halides is 3. The maximum Gasteiger partial charge on any atom is 0.416 e. The minimum Gasteiger partial charge on any atom is -0.481 e. The molecule has 0 aliphatic carbocycles. The van der Waals surface area contributed by atoms with Crippen LogP contribution in [0.2, 0.25) is 0 Å². The van der Waals surface area contributed by atoms with E-state index in [0.29, 0.717) is 11.6 Å². The lowest BCUT2D eigenvalue weighted by Crippen LogP contribution is -2.14. The highest BCUT2D eigenvalue weighted by Crippen LogP contribution is 2.30. The first kappa shape index (κ1) is 17.8. The normalized spacial score (nSPS) is 12.0. The Balaban J connectivity index is 2.24. The van der Waals surface area contributed by atoms with Gasteiger partial charge in [0.2, 0.25) is 0 Å². The molecule has 2 N–H and O–H groups in total. The van der Waals surface area contributed by atoms with Gasteiger partial charge in [-0.25, -0.2) is 8.42 Å². The Labute approximate surface area is 135 Å². The molecular weight excluding hydrogens is 347 g/mol. The van der Waals surface area contributed by atoms with E-state index in [9.17, 15) is 26.4 Å². The highest BCUT2D eigenvalue weighted by molar-refractivity contribution is 7.92. The molecule has 0 saturated carbocycles. The third-order valence-corrected chi connectivity index (χ3v) is 4.41. The molecule has 9 heteroatoms. The molecule has 0 bridgehead atoms. The lowest BCUT2D eigenvalue weighted by molar-refractivity contribution is -0.138. The van der Waals surface area contributed by atoms with Crippen LogP contribution in [0.25, 0.3) is 0 Å². The van der Waals surface area contributed by atoms with Crippen LogP contribution >= 0.6 is 0 Å².